The summed E-state index contributed by atoms with van der Waals surface area (Å²) in [5, 5.41) is 6.36. The molecule has 2 N–H and O–H groups in total. The van der Waals surface area contributed by atoms with Gasteiger partial charge in [0.05, 0.1) is 11.5 Å². The first kappa shape index (κ1) is 25.1. The molecule has 3 aromatic carbocycles. The summed E-state index contributed by atoms with van der Waals surface area (Å²) < 4.78 is 11.8. The fraction of sp³-hybridized carbons (Fsp3) is 0.167. The quantitative estimate of drug-likeness (QED) is 0.242. The predicted octanol–water partition coefficient (Wildman–Crippen LogP) is 7.63. The highest BCUT2D eigenvalue weighted by Crippen LogP contribution is 2.65. The number of anilines is 2. The number of carbonyl (C=O) groups excluding carboxylic acids is 2. The van der Waals surface area contributed by atoms with Crippen LogP contribution in [0.25, 0.3) is 0 Å². The van der Waals surface area contributed by atoms with Gasteiger partial charge in [0.15, 0.2) is 0 Å². The van der Waals surface area contributed by atoms with E-state index in [4.69, 9.17) is 46.4 Å². The number of nitrogens with one attached hydrogen (secondary N) is 2. The lowest BCUT2D eigenvalue weighted by Crippen LogP contribution is -2.18. The second kappa shape index (κ2) is 9.96. The zero-order valence-electron chi connectivity index (χ0n) is 17.5. The Morgan fingerprint density at radius 3 is 2.15 bits per heavy atom. The van der Waals surface area contributed by atoms with Gasteiger partial charge in [0.1, 0.15) is 10.2 Å². The van der Waals surface area contributed by atoms with Crippen LogP contribution >= 0.6 is 58.2 Å². The molecule has 0 aromatic heterocycles. The third kappa shape index (κ3) is 5.31. The molecule has 2 atom stereocenters. The smallest absolute Gasteiger partial charge is 0.256 e. The Morgan fingerprint density at radius 2 is 1.53 bits per heavy atom. The van der Waals surface area contributed by atoms with Crippen molar-refractivity contribution in [3.05, 3.63) is 87.7 Å². The van der Waals surface area contributed by atoms with Crippen molar-refractivity contribution < 1.29 is 14.0 Å². The zero-order valence-corrected chi connectivity index (χ0v) is 21.4. The van der Waals surface area contributed by atoms with Crippen molar-refractivity contribution in [2.75, 3.05) is 16.9 Å². The summed E-state index contributed by atoms with van der Waals surface area (Å²) in [4.78, 5) is 26.6. The average molecular weight is 558 g/mol. The van der Waals surface area contributed by atoms with Crippen LogP contribution in [0.1, 0.15) is 21.8 Å². The third-order valence-electron chi connectivity index (χ3n) is 5.39. The van der Waals surface area contributed by atoms with Crippen LogP contribution in [0.4, 0.5) is 15.8 Å². The molecule has 0 spiro atoms. The minimum atomic E-state index is -1.32. The maximum Gasteiger partial charge on any atom is 0.256 e. The fourth-order valence-electron chi connectivity index (χ4n) is 3.74. The summed E-state index contributed by atoms with van der Waals surface area (Å²) in [6.45, 7) is 0. The number of hydrogen-bond donors (Lipinski definition) is 2. The molecular formula is C24H17Cl4FN2O2S. The monoisotopic (exact) mass is 556 g/mol. The number of carbonyl (C=O) groups is 2. The van der Waals surface area contributed by atoms with Crippen molar-refractivity contribution in [3.63, 3.8) is 0 Å². The molecule has 0 bridgehead atoms. The largest absolute Gasteiger partial charge is 0.326 e. The molecule has 0 aliphatic heterocycles. The van der Waals surface area contributed by atoms with Crippen LogP contribution in [0, 0.1) is 11.7 Å². The lowest BCUT2D eigenvalue weighted by molar-refractivity contribution is -0.117. The Bertz CT molecular complexity index is 1250. The predicted molar refractivity (Wildman–Crippen MR) is 138 cm³/mol. The molecule has 1 fully saturated rings. The Balaban J connectivity index is 1.53. The number of thioether (sulfide) groups is 1. The molecular weight excluding hydrogens is 541 g/mol. The molecule has 1 aliphatic carbocycles. The van der Waals surface area contributed by atoms with E-state index in [0.717, 1.165) is 0 Å². The molecule has 1 aliphatic rings. The van der Waals surface area contributed by atoms with Gasteiger partial charge in [-0.2, -0.15) is 0 Å². The van der Waals surface area contributed by atoms with Crippen LogP contribution in [0.3, 0.4) is 0 Å². The summed E-state index contributed by atoms with van der Waals surface area (Å²) in [6.07, 6.45) is 1.84. The molecule has 176 valence electrons. The Hall–Kier alpha value is -1.96. The molecule has 2 amide bonds. The van der Waals surface area contributed by atoms with Crippen molar-refractivity contribution in [3.8, 4) is 0 Å². The molecule has 4 rings (SSSR count). The molecule has 3 aromatic rings. The summed E-state index contributed by atoms with van der Waals surface area (Å²) >= 11 is 26.4. The van der Waals surface area contributed by atoms with Gasteiger partial charge in [-0.1, -0.05) is 23.2 Å². The molecule has 1 saturated carbocycles. The lowest BCUT2D eigenvalue weighted by atomic mass is 10.1. The van der Waals surface area contributed by atoms with Crippen LogP contribution in [-0.2, 0) is 4.79 Å². The number of halogens is 5. The van der Waals surface area contributed by atoms with E-state index in [0.29, 0.717) is 37.4 Å². The van der Waals surface area contributed by atoms with E-state index in [1.165, 1.54) is 36.0 Å². The van der Waals surface area contributed by atoms with Crippen LogP contribution in [0.2, 0.25) is 10.0 Å². The van der Waals surface area contributed by atoms with E-state index < -0.39 is 33.8 Å². The molecule has 4 nitrogen and oxygen atoms in total. The lowest BCUT2D eigenvalue weighted by Gasteiger charge is -2.12. The topological polar surface area (TPSA) is 58.2 Å². The minimum Gasteiger partial charge on any atom is -0.326 e. The number of amides is 2. The number of hydrogen-bond acceptors (Lipinski definition) is 3. The van der Waals surface area contributed by atoms with Crippen LogP contribution in [0.5, 0.6) is 0 Å². The fourth-order valence-corrected chi connectivity index (χ4v) is 5.68. The molecule has 34 heavy (non-hydrogen) atoms. The standard InChI is InChI=1S/C24H17Cl4FN2O2S/c1-34-19-7-6-17(11-18(19)22(32)30-16-4-2-15(29)3-5-16)31-23(33)21-20(24(21,27)28)12-8-13(25)10-14(26)9-12/h2-11,20-21H,1H3,(H,30,32)(H,31,33). The van der Waals surface area contributed by atoms with Gasteiger partial charge in [0.2, 0.25) is 5.91 Å². The van der Waals surface area contributed by atoms with E-state index in [-0.39, 0.29) is 0 Å². The number of alkyl halides is 2. The summed E-state index contributed by atoms with van der Waals surface area (Å²) in [6, 6.07) is 15.4. The number of rotatable bonds is 6. The van der Waals surface area contributed by atoms with E-state index in [2.05, 4.69) is 10.6 Å². The van der Waals surface area contributed by atoms with Crippen LogP contribution < -0.4 is 10.6 Å². The highest BCUT2D eigenvalue weighted by molar-refractivity contribution is 7.98. The highest BCUT2D eigenvalue weighted by Gasteiger charge is 2.67. The van der Waals surface area contributed by atoms with Crippen LogP contribution in [-0.4, -0.2) is 22.4 Å². The molecule has 0 heterocycles. The first-order valence-corrected chi connectivity index (χ1v) is 12.7. The van der Waals surface area contributed by atoms with Gasteiger partial charge in [-0.05, 0) is 72.5 Å². The maximum absolute atomic E-state index is 13.2. The van der Waals surface area contributed by atoms with Crippen molar-refractivity contribution in [1.29, 1.82) is 0 Å². The van der Waals surface area contributed by atoms with Gasteiger partial charge < -0.3 is 10.6 Å². The first-order chi connectivity index (χ1) is 16.1. The Kier molecular flexibility index (Phi) is 7.36. The van der Waals surface area contributed by atoms with Gasteiger partial charge >= 0.3 is 0 Å². The van der Waals surface area contributed by atoms with Crippen molar-refractivity contribution in [1.82, 2.24) is 0 Å². The zero-order chi connectivity index (χ0) is 24.6. The average Bonchev–Trinajstić information content (AvgIpc) is 3.36. The third-order valence-corrected chi connectivity index (χ3v) is 7.57. The Labute approximate surface area is 220 Å². The normalized spacial score (nSPS) is 18.3. The van der Waals surface area contributed by atoms with Gasteiger partial charge in [-0.3, -0.25) is 9.59 Å². The van der Waals surface area contributed by atoms with Gasteiger partial charge in [0.25, 0.3) is 5.91 Å². The van der Waals surface area contributed by atoms with E-state index in [9.17, 15) is 14.0 Å². The molecule has 10 heteroatoms. The SMILES string of the molecule is CSc1ccc(NC(=O)C2C(c3cc(Cl)cc(Cl)c3)C2(Cl)Cl)cc1C(=O)Nc1ccc(F)cc1. The van der Waals surface area contributed by atoms with Crippen LogP contribution in [0.15, 0.2) is 65.6 Å². The molecule has 2 unspecified atom stereocenters. The Morgan fingerprint density at radius 1 is 0.912 bits per heavy atom. The summed E-state index contributed by atoms with van der Waals surface area (Å²) in [7, 11) is 0. The van der Waals surface area contributed by atoms with E-state index in [1.807, 2.05) is 6.26 Å². The minimum absolute atomic E-state index is 0.353. The summed E-state index contributed by atoms with van der Waals surface area (Å²) in [5.74, 6) is -2.41. The molecule has 0 saturated heterocycles. The van der Waals surface area contributed by atoms with Gasteiger partial charge in [0, 0.05) is 32.2 Å². The second-order valence-corrected chi connectivity index (χ2v) is 10.9. The van der Waals surface area contributed by atoms with Crippen molar-refractivity contribution in [2.45, 2.75) is 15.1 Å². The van der Waals surface area contributed by atoms with E-state index >= 15 is 0 Å². The highest BCUT2D eigenvalue weighted by atomic mass is 35.5. The second-order valence-electron chi connectivity index (χ2n) is 7.70. The maximum atomic E-state index is 13.2. The summed E-state index contributed by atoms with van der Waals surface area (Å²) in [5.41, 5.74) is 1.88. The van der Waals surface area contributed by atoms with E-state index in [1.54, 1.807) is 36.4 Å². The first-order valence-electron chi connectivity index (χ1n) is 10.00. The van der Waals surface area contributed by atoms with Gasteiger partial charge in [-0.15, -0.1) is 35.0 Å². The van der Waals surface area contributed by atoms with Crippen molar-refractivity contribution >= 4 is 81.4 Å². The number of benzene rings is 3. The van der Waals surface area contributed by atoms with Gasteiger partial charge in [-0.25, -0.2) is 4.39 Å². The van der Waals surface area contributed by atoms with Crippen molar-refractivity contribution in [2.24, 2.45) is 5.92 Å². The molecule has 0 radical (unpaired) electrons.